The van der Waals surface area contributed by atoms with E-state index in [-0.39, 0.29) is 29.0 Å². The predicted octanol–water partition coefficient (Wildman–Crippen LogP) is 4.32. The van der Waals surface area contributed by atoms with Gasteiger partial charge in [-0.05, 0) is 62.7 Å². The molecule has 0 aliphatic rings. The molecule has 1 amide bonds. The summed E-state index contributed by atoms with van der Waals surface area (Å²) in [6, 6.07) is 16.5. The van der Waals surface area contributed by atoms with E-state index >= 15 is 0 Å². The van der Waals surface area contributed by atoms with Crippen LogP contribution in [0.5, 0.6) is 23.0 Å². The highest BCUT2D eigenvalue weighted by Crippen LogP contribution is 2.35. The molecule has 204 valence electrons. The first kappa shape index (κ1) is 28.6. The molecular formula is C28H34N2O7S. The summed E-state index contributed by atoms with van der Waals surface area (Å²) in [4.78, 5) is 13.2. The highest BCUT2D eigenvalue weighted by Gasteiger charge is 2.30. The number of nitrogens with one attached hydrogen (secondary N) is 1. The molecule has 0 aliphatic carbocycles. The summed E-state index contributed by atoms with van der Waals surface area (Å²) >= 11 is 0. The number of sulfonamides is 1. The molecule has 0 fully saturated rings. The molecule has 0 heterocycles. The van der Waals surface area contributed by atoms with Gasteiger partial charge in [-0.15, -0.1) is 0 Å². The molecule has 0 spiro atoms. The van der Waals surface area contributed by atoms with E-state index in [9.17, 15) is 13.2 Å². The first-order chi connectivity index (χ1) is 18.1. The Hall–Kier alpha value is -3.92. The second-order valence-corrected chi connectivity index (χ2v) is 10.7. The van der Waals surface area contributed by atoms with Crippen LogP contribution in [-0.2, 0) is 21.4 Å². The Balaban J connectivity index is 1.90. The maximum Gasteiger partial charge on any atom is 0.264 e. The molecule has 1 N–H and O–H groups in total. The second kappa shape index (κ2) is 12.6. The highest BCUT2D eigenvalue weighted by molar-refractivity contribution is 7.92. The van der Waals surface area contributed by atoms with Crippen molar-refractivity contribution < 1.29 is 32.2 Å². The molecule has 3 aromatic carbocycles. The monoisotopic (exact) mass is 542 g/mol. The summed E-state index contributed by atoms with van der Waals surface area (Å²) in [6.45, 7) is 5.38. The number of anilines is 1. The number of amides is 1. The van der Waals surface area contributed by atoms with Gasteiger partial charge in [-0.3, -0.25) is 9.10 Å². The molecule has 0 aliphatic heterocycles. The van der Waals surface area contributed by atoms with E-state index in [1.807, 2.05) is 26.8 Å². The molecule has 9 nitrogen and oxygen atoms in total. The van der Waals surface area contributed by atoms with E-state index in [4.69, 9.17) is 18.9 Å². The lowest BCUT2D eigenvalue weighted by atomic mass is 10.2. The van der Waals surface area contributed by atoms with Gasteiger partial charge in [-0.2, -0.15) is 0 Å². The van der Waals surface area contributed by atoms with Gasteiger partial charge in [0, 0.05) is 12.6 Å². The van der Waals surface area contributed by atoms with Crippen molar-refractivity contribution in [1.29, 1.82) is 0 Å². The summed E-state index contributed by atoms with van der Waals surface area (Å²) in [7, 11) is 0.316. The number of carbonyl (C=O) groups excluding carboxylic acids is 1. The lowest BCUT2D eigenvalue weighted by Gasteiger charge is -2.26. The van der Waals surface area contributed by atoms with Gasteiger partial charge in [-0.25, -0.2) is 8.42 Å². The van der Waals surface area contributed by atoms with E-state index in [1.165, 1.54) is 32.4 Å². The molecule has 0 atom stereocenters. The topological polar surface area (TPSA) is 103 Å². The average molecular weight is 543 g/mol. The van der Waals surface area contributed by atoms with Gasteiger partial charge in [0.05, 0.1) is 38.0 Å². The number of hydrogen-bond acceptors (Lipinski definition) is 7. The van der Waals surface area contributed by atoms with Crippen LogP contribution in [0.25, 0.3) is 0 Å². The Kier molecular flexibility index (Phi) is 9.46. The van der Waals surface area contributed by atoms with Crippen LogP contribution >= 0.6 is 0 Å². The number of ether oxygens (including phenoxy) is 4. The SMILES string of the molecule is COc1ccc(OC)c(N(CC(=O)NCc2ccc(OC(C)C)c(OC)c2)S(=O)(=O)c2ccc(C)cc2)c1. The summed E-state index contributed by atoms with van der Waals surface area (Å²) in [5, 5.41) is 2.80. The Morgan fingerprint density at radius 3 is 2.13 bits per heavy atom. The number of benzene rings is 3. The summed E-state index contributed by atoms with van der Waals surface area (Å²) in [5.41, 5.74) is 1.85. The molecule has 0 aromatic heterocycles. The van der Waals surface area contributed by atoms with Crippen molar-refractivity contribution in [2.45, 2.75) is 38.3 Å². The normalized spacial score (nSPS) is 11.1. The summed E-state index contributed by atoms with van der Waals surface area (Å²) < 4.78 is 50.4. The number of aryl methyl sites for hydroxylation is 1. The minimum atomic E-state index is -4.13. The number of hydrogen-bond donors (Lipinski definition) is 1. The van der Waals surface area contributed by atoms with Crippen LogP contribution in [0.3, 0.4) is 0 Å². The standard InChI is InChI=1S/C28H34N2O7S/c1-19(2)37-26-13-9-21(15-27(26)36-6)17-29-28(31)18-30(24-16-22(34-4)10-14-25(24)35-5)38(32,33)23-11-7-20(3)8-12-23/h7-16,19H,17-18H2,1-6H3,(H,29,31). The lowest BCUT2D eigenvalue weighted by Crippen LogP contribution is -2.40. The van der Waals surface area contributed by atoms with Crippen LogP contribution in [0.1, 0.15) is 25.0 Å². The van der Waals surface area contributed by atoms with Crippen LogP contribution in [0.2, 0.25) is 0 Å². The van der Waals surface area contributed by atoms with Crippen LogP contribution in [0.4, 0.5) is 5.69 Å². The third-order valence-electron chi connectivity index (χ3n) is 5.63. The summed E-state index contributed by atoms with van der Waals surface area (Å²) in [6.07, 6.45) is -0.0236. The fraction of sp³-hybridized carbons (Fsp3) is 0.321. The molecule has 0 bridgehead atoms. The minimum absolute atomic E-state index is 0.0236. The van der Waals surface area contributed by atoms with Gasteiger partial charge in [0.15, 0.2) is 11.5 Å². The predicted molar refractivity (Wildman–Crippen MR) is 146 cm³/mol. The maximum atomic E-state index is 13.7. The van der Waals surface area contributed by atoms with E-state index < -0.39 is 22.5 Å². The number of methoxy groups -OCH3 is 3. The van der Waals surface area contributed by atoms with E-state index in [2.05, 4.69) is 5.32 Å². The third-order valence-corrected chi connectivity index (χ3v) is 7.41. The van der Waals surface area contributed by atoms with Crippen molar-refractivity contribution in [3.8, 4) is 23.0 Å². The minimum Gasteiger partial charge on any atom is -0.497 e. The number of carbonyl (C=O) groups is 1. The smallest absolute Gasteiger partial charge is 0.264 e. The molecule has 0 radical (unpaired) electrons. The first-order valence-corrected chi connectivity index (χ1v) is 13.4. The van der Waals surface area contributed by atoms with Crippen molar-refractivity contribution in [2.24, 2.45) is 0 Å². The van der Waals surface area contributed by atoms with Crippen LogP contribution < -0.4 is 28.6 Å². The maximum absolute atomic E-state index is 13.7. The van der Waals surface area contributed by atoms with Crippen molar-refractivity contribution in [2.75, 3.05) is 32.2 Å². The largest absolute Gasteiger partial charge is 0.497 e. The quantitative estimate of drug-likeness (QED) is 0.364. The lowest BCUT2D eigenvalue weighted by molar-refractivity contribution is -0.119. The van der Waals surface area contributed by atoms with Crippen molar-refractivity contribution in [3.05, 3.63) is 71.8 Å². The molecule has 0 saturated heterocycles. The Morgan fingerprint density at radius 2 is 1.53 bits per heavy atom. The van der Waals surface area contributed by atoms with Gasteiger partial charge < -0.3 is 24.3 Å². The molecule has 0 saturated carbocycles. The Labute approximate surface area is 224 Å². The van der Waals surface area contributed by atoms with Crippen molar-refractivity contribution in [3.63, 3.8) is 0 Å². The van der Waals surface area contributed by atoms with Gasteiger partial charge in [0.1, 0.15) is 18.0 Å². The Bertz CT molecular complexity index is 1360. The zero-order valence-electron chi connectivity index (χ0n) is 22.5. The molecular weight excluding hydrogens is 508 g/mol. The molecule has 0 unspecified atom stereocenters. The molecule has 3 rings (SSSR count). The average Bonchev–Trinajstić information content (AvgIpc) is 2.90. The fourth-order valence-corrected chi connectivity index (χ4v) is 5.11. The molecule has 38 heavy (non-hydrogen) atoms. The first-order valence-electron chi connectivity index (χ1n) is 12.0. The van der Waals surface area contributed by atoms with Crippen molar-refractivity contribution >= 4 is 21.6 Å². The van der Waals surface area contributed by atoms with Crippen LogP contribution in [-0.4, -0.2) is 48.3 Å². The number of rotatable bonds is 12. The van der Waals surface area contributed by atoms with Gasteiger partial charge >= 0.3 is 0 Å². The van der Waals surface area contributed by atoms with Gasteiger partial charge in [-0.1, -0.05) is 23.8 Å². The van der Waals surface area contributed by atoms with E-state index in [1.54, 1.807) is 43.5 Å². The van der Waals surface area contributed by atoms with Crippen LogP contribution in [0.15, 0.2) is 65.6 Å². The Morgan fingerprint density at radius 1 is 0.868 bits per heavy atom. The van der Waals surface area contributed by atoms with Crippen molar-refractivity contribution in [1.82, 2.24) is 5.32 Å². The summed E-state index contributed by atoms with van der Waals surface area (Å²) in [5.74, 6) is 1.32. The van der Waals surface area contributed by atoms with Gasteiger partial charge in [0.2, 0.25) is 5.91 Å². The number of nitrogens with zero attached hydrogens (tertiary/aromatic N) is 1. The molecule has 10 heteroatoms. The zero-order valence-corrected chi connectivity index (χ0v) is 23.3. The van der Waals surface area contributed by atoms with E-state index in [0.29, 0.717) is 17.2 Å². The molecule has 3 aromatic rings. The van der Waals surface area contributed by atoms with E-state index in [0.717, 1.165) is 15.4 Å². The second-order valence-electron chi connectivity index (χ2n) is 8.79. The van der Waals surface area contributed by atoms with Crippen LogP contribution in [0, 0.1) is 6.92 Å². The zero-order chi connectivity index (χ0) is 27.9. The highest BCUT2D eigenvalue weighted by atomic mass is 32.2. The fourth-order valence-electron chi connectivity index (χ4n) is 3.69. The third kappa shape index (κ3) is 6.89. The van der Waals surface area contributed by atoms with Gasteiger partial charge in [0.25, 0.3) is 10.0 Å².